The lowest BCUT2D eigenvalue weighted by Gasteiger charge is -2.26. The van der Waals surface area contributed by atoms with E-state index in [1.54, 1.807) is 17.1 Å². The Morgan fingerprint density at radius 2 is 2.32 bits per heavy atom. The Morgan fingerprint density at radius 3 is 3.05 bits per heavy atom. The Morgan fingerprint density at radius 1 is 1.50 bits per heavy atom. The molecule has 2 aromatic heterocycles. The number of H-pyrrole nitrogens is 1. The van der Waals surface area contributed by atoms with E-state index in [0.717, 1.165) is 18.8 Å². The zero-order valence-electron chi connectivity index (χ0n) is 12.1. The number of aromatic amines is 1. The fraction of sp³-hybridized carbons (Fsp3) is 0.357. The maximum absolute atomic E-state index is 9.44. The van der Waals surface area contributed by atoms with Gasteiger partial charge in [-0.2, -0.15) is 15.5 Å². The van der Waals surface area contributed by atoms with Gasteiger partial charge in [0.1, 0.15) is 17.5 Å². The van der Waals surface area contributed by atoms with Crippen LogP contribution in [0, 0.1) is 11.3 Å². The largest absolute Gasteiger partial charge is 0.378 e. The van der Waals surface area contributed by atoms with Gasteiger partial charge >= 0.3 is 0 Å². The van der Waals surface area contributed by atoms with Crippen molar-refractivity contribution in [3.8, 4) is 6.07 Å². The number of hydrogen-bond acceptors (Lipinski definition) is 6. The molecule has 0 unspecified atom stereocenters. The van der Waals surface area contributed by atoms with Gasteiger partial charge in [-0.1, -0.05) is 6.58 Å². The van der Waals surface area contributed by atoms with Crippen LogP contribution in [0.3, 0.4) is 0 Å². The normalized spacial score (nSPS) is 14.6. The molecule has 0 amide bonds. The average molecular weight is 299 g/mol. The zero-order chi connectivity index (χ0) is 15.4. The van der Waals surface area contributed by atoms with Crippen LogP contribution >= 0.6 is 0 Å². The lowest BCUT2D eigenvalue weighted by atomic mass is 10.3. The van der Waals surface area contributed by atoms with Crippen LogP contribution in [0.2, 0.25) is 0 Å². The maximum Gasteiger partial charge on any atom is 0.170 e. The second-order valence-electron chi connectivity index (χ2n) is 4.81. The molecule has 2 N–H and O–H groups in total. The predicted molar refractivity (Wildman–Crippen MR) is 82.3 cm³/mol. The second kappa shape index (κ2) is 6.32. The lowest BCUT2D eigenvalue weighted by Crippen LogP contribution is -2.36. The van der Waals surface area contributed by atoms with Gasteiger partial charge in [-0.25, -0.2) is 4.68 Å². The van der Waals surface area contributed by atoms with Crippen LogP contribution in [0.15, 0.2) is 18.8 Å². The van der Waals surface area contributed by atoms with E-state index in [4.69, 9.17) is 4.74 Å². The van der Waals surface area contributed by atoms with Gasteiger partial charge in [0.2, 0.25) is 0 Å². The van der Waals surface area contributed by atoms with Crippen molar-refractivity contribution in [2.75, 3.05) is 36.5 Å². The standard InChI is InChI=1S/C14H17N7O/c1-2-21-11(3-4-17-21)10-16-13-12(9-15)14(19-18-13)20-5-7-22-8-6-20/h2-4H,1,5-8,10H2,(H2,16,18,19). The third-order valence-electron chi connectivity index (χ3n) is 3.54. The molecular weight excluding hydrogens is 282 g/mol. The molecule has 0 radical (unpaired) electrons. The van der Waals surface area contributed by atoms with Crippen LogP contribution in [0.1, 0.15) is 11.3 Å². The summed E-state index contributed by atoms with van der Waals surface area (Å²) in [6.07, 6.45) is 3.34. The molecule has 1 aliphatic rings. The first-order valence-corrected chi connectivity index (χ1v) is 7.03. The smallest absolute Gasteiger partial charge is 0.170 e. The van der Waals surface area contributed by atoms with Crippen molar-refractivity contribution < 1.29 is 4.74 Å². The zero-order valence-corrected chi connectivity index (χ0v) is 12.1. The van der Waals surface area contributed by atoms with Crippen molar-refractivity contribution in [1.29, 1.82) is 5.26 Å². The molecule has 114 valence electrons. The number of rotatable bonds is 5. The van der Waals surface area contributed by atoms with Crippen LogP contribution in [0.4, 0.5) is 11.6 Å². The summed E-state index contributed by atoms with van der Waals surface area (Å²) in [6.45, 7) is 7.00. The molecule has 22 heavy (non-hydrogen) atoms. The summed E-state index contributed by atoms with van der Waals surface area (Å²) in [5.74, 6) is 1.28. The maximum atomic E-state index is 9.44. The minimum absolute atomic E-state index is 0.519. The van der Waals surface area contributed by atoms with Crippen molar-refractivity contribution >= 4 is 17.8 Å². The molecule has 1 fully saturated rings. The SMILES string of the molecule is C=Cn1nccc1CNc1[nH]nc(N2CCOCC2)c1C#N. The Kier molecular flexibility index (Phi) is 4.07. The third kappa shape index (κ3) is 2.66. The fourth-order valence-corrected chi connectivity index (χ4v) is 2.40. The van der Waals surface area contributed by atoms with Crippen molar-refractivity contribution in [3.63, 3.8) is 0 Å². The minimum Gasteiger partial charge on any atom is -0.378 e. The number of ether oxygens (including phenoxy) is 1. The van der Waals surface area contributed by atoms with E-state index in [1.165, 1.54) is 0 Å². The number of morpholine rings is 1. The molecule has 3 heterocycles. The van der Waals surface area contributed by atoms with Crippen LogP contribution in [0.25, 0.3) is 6.20 Å². The molecule has 0 aromatic carbocycles. The molecule has 3 rings (SSSR count). The van der Waals surface area contributed by atoms with Gasteiger partial charge in [-0.15, -0.1) is 0 Å². The Balaban J connectivity index is 1.75. The van der Waals surface area contributed by atoms with E-state index in [2.05, 4.69) is 38.2 Å². The molecule has 8 nitrogen and oxygen atoms in total. The van der Waals surface area contributed by atoms with Gasteiger partial charge in [0.15, 0.2) is 5.82 Å². The predicted octanol–water partition coefficient (Wildman–Crippen LogP) is 1.03. The van der Waals surface area contributed by atoms with Crippen LogP contribution in [0.5, 0.6) is 0 Å². The Hall–Kier alpha value is -2.79. The summed E-state index contributed by atoms with van der Waals surface area (Å²) in [7, 11) is 0. The molecular formula is C14H17N7O. The highest BCUT2D eigenvalue weighted by Crippen LogP contribution is 2.24. The summed E-state index contributed by atoms with van der Waals surface area (Å²) < 4.78 is 7.01. The van der Waals surface area contributed by atoms with Crippen LogP contribution < -0.4 is 10.2 Å². The summed E-state index contributed by atoms with van der Waals surface area (Å²) >= 11 is 0. The number of aromatic nitrogens is 4. The second-order valence-corrected chi connectivity index (χ2v) is 4.81. The molecule has 2 aromatic rings. The summed E-state index contributed by atoms with van der Waals surface area (Å²) in [4.78, 5) is 2.05. The number of nitrogens with one attached hydrogen (secondary N) is 2. The minimum atomic E-state index is 0.519. The number of hydrogen-bond donors (Lipinski definition) is 2. The van der Waals surface area contributed by atoms with Gasteiger partial charge in [0.25, 0.3) is 0 Å². The highest BCUT2D eigenvalue weighted by Gasteiger charge is 2.20. The lowest BCUT2D eigenvalue weighted by molar-refractivity contribution is 0.122. The van der Waals surface area contributed by atoms with Gasteiger partial charge in [0, 0.05) is 25.5 Å². The van der Waals surface area contributed by atoms with E-state index in [1.807, 2.05) is 6.07 Å². The van der Waals surface area contributed by atoms with Crippen molar-refractivity contribution in [3.05, 3.63) is 30.1 Å². The fourth-order valence-electron chi connectivity index (χ4n) is 2.40. The number of nitriles is 1. The van der Waals surface area contributed by atoms with E-state index in [0.29, 0.717) is 37.0 Å². The van der Waals surface area contributed by atoms with Crippen molar-refractivity contribution in [2.24, 2.45) is 0 Å². The van der Waals surface area contributed by atoms with Gasteiger partial charge < -0.3 is 15.0 Å². The molecule has 0 aliphatic carbocycles. The highest BCUT2D eigenvalue weighted by molar-refractivity contribution is 5.66. The van der Waals surface area contributed by atoms with E-state index >= 15 is 0 Å². The van der Waals surface area contributed by atoms with Gasteiger partial charge in [0.05, 0.1) is 25.5 Å². The van der Waals surface area contributed by atoms with E-state index < -0.39 is 0 Å². The monoisotopic (exact) mass is 299 g/mol. The number of anilines is 2. The van der Waals surface area contributed by atoms with E-state index in [9.17, 15) is 5.26 Å². The van der Waals surface area contributed by atoms with Gasteiger partial charge in [-0.05, 0) is 6.07 Å². The molecule has 0 atom stereocenters. The molecule has 0 saturated carbocycles. The first-order chi connectivity index (χ1) is 10.8. The highest BCUT2D eigenvalue weighted by atomic mass is 16.5. The van der Waals surface area contributed by atoms with Crippen molar-refractivity contribution in [2.45, 2.75) is 6.54 Å². The molecule has 1 aliphatic heterocycles. The molecule has 1 saturated heterocycles. The molecule has 8 heteroatoms. The van der Waals surface area contributed by atoms with Crippen molar-refractivity contribution in [1.82, 2.24) is 20.0 Å². The topological polar surface area (TPSA) is 94.8 Å². The number of nitrogens with zero attached hydrogens (tertiary/aromatic N) is 5. The third-order valence-corrected chi connectivity index (χ3v) is 3.54. The van der Waals surface area contributed by atoms with E-state index in [-0.39, 0.29) is 0 Å². The summed E-state index contributed by atoms with van der Waals surface area (Å²) in [6, 6.07) is 4.11. The van der Waals surface area contributed by atoms with Crippen LogP contribution in [-0.2, 0) is 11.3 Å². The average Bonchev–Trinajstić information content (AvgIpc) is 3.19. The Labute approximate surface area is 128 Å². The van der Waals surface area contributed by atoms with Crippen LogP contribution in [-0.4, -0.2) is 46.3 Å². The summed E-state index contributed by atoms with van der Waals surface area (Å²) in [5, 5.41) is 23.9. The summed E-state index contributed by atoms with van der Waals surface area (Å²) in [5.41, 5.74) is 1.47. The quantitative estimate of drug-likeness (QED) is 0.856. The molecule has 0 spiro atoms. The first-order valence-electron chi connectivity index (χ1n) is 7.03. The Bertz CT molecular complexity index is 690. The first kappa shape index (κ1) is 14.2. The van der Waals surface area contributed by atoms with Gasteiger partial charge in [-0.3, -0.25) is 5.10 Å². The molecule has 0 bridgehead atoms.